The maximum absolute atomic E-state index is 12.7. The summed E-state index contributed by atoms with van der Waals surface area (Å²) in [4.78, 5) is 26.5. The lowest BCUT2D eigenvalue weighted by molar-refractivity contribution is -0.156. The first-order valence-electron chi connectivity index (χ1n) is 9.27. The van der Waals surface area contributed by atoms with Gasteiger partial charge in [0.2, 0.25) is 0 Å². The van der Waals surface area contributed by atoms with E-state index in [2.05, 4.69) is 4.74 Å². The molecule has 2 aromatic rings. The number of benzene rings is 2. The van der Waals surface area contributed by atoms with E-state index in [1.54, 1.807) is 42.2 Å². The number of fused-ring (bicyclic) bond motifs is 1. The van der Waals surface area contributed by atoms with Gasteiger partial charge in [-0.2, -0.15) is 8.78 Å². The predicted molar refractivity (Wildman–Crippen MR) is 104 cm³/mol. The van der Waals surface area contributed by atoms with Gasteiger partial charge in [-0.25, -0.2) is 0 Å². The summed E-state index contributed by atoms with van der Waals surface area (Å²) in [6.45, 7) is 4.61. The van der Waals surface area contributed by atoms with Gasteiger partial charge in [0.15, 0.2) is 0 Å². The molecule has 7 heteroatoms. The molecule has 154 valence electrons. The van der Waals surface area contributed by atoms with Crippen LogP contribution in [0.1, 0.15) is 55.1 Å². The van der Waals surface area contributed by atoms with Crippen LogP contribution in [0.4, 0.5) is 14.5 Å². The Bertz CT molecular complexity index is 919. The number of nitrogens with zero attached hydrogens (tertiary/aromatic N) is 1. The fourth-order valence-electron chi connectivity index (χ4n) is 3.13. The Morgan fingerprint density at radius 3 is 2.34 bits per heavy atom. The first-order valence-corrected chi connectivity index (χ1v) is 9.27. The lowest BCUT2D eigenvalue weighted by Gasteiger charge is -2.23. The summed E-state index contributed by atoms with van der Waals surface area (Å²) in [6, 6.07) is 11.5. The zero-order chi connectivity index (χ0) is 21.3. The molecule has 0 aromatic heterocycles. The molecular weight excluding hydrogens is 380 g/mol. The standard InChI is InChI=1S/C22H23F2NO4/c1-13(20(27)29-22(2,3)4)14-5-8-16(9-6-14)25-12-15-7-10-17(28-21(23)24)11-18(15)19(25)26/h5-11,13,21H,12H2,1-4H3. The third kappa shape index (κ3) is 4.72. The molecule has 5 nitrogen and oxygen atoms in total. The van der Waals surface area contributed by atoms with E-state index >= 15 is 0 Å². The lowest BCUT2D eigenvalue weighted by atomic mass is 10.0. The van der Waals surface area contributed by atoms with Crippen molar-refractivity contribution >= 4 is 17.6 Å². The fourth-order valence-corrected chi connectivity index (χ4v) is 3.13. The summed E-state index contributed by atoms with van der Waals surface area (Å²) in [5, 5.41) is 0. The van der Waals surface area contributed by atoms with Gasteiger partial charge in [0.05, 0.1) is 12.5 Å². The first-order chi connectivity index (χ1) is 13.5. The van der Waals surface area contributed by atoms with Crippen molar-refractivity contribution in [2.45, 2.75) is 52.4 Å². The summed E-state index contributed by atoms with van der Waals surface area (Å²) in [5.74, 6) is -1.09. The van der Waals surface area contributed by atoms with Gasteiger partial charge in [0.25, 0.3) is 5.91 Å². The van der Waals surface area contributed by atoms with Gasteiger partial charge in [-0.1, -0.05) is 18.2 Å². The summed E-state index contributed by atoms with van der Waals surface area (Å²) in [7, 11) is 0. The van der Waals surface area contributed by atoms with Crippen LogP contribution in [0.25, 0.3) is 0 Å². The molecule has 0 radical (unpaired) electrons. The third-order valence-electron chi connectivity index (χ3n) is 4.58. The van der Waals surface area contributed by atoms with Crippen molar-refractivity contribution in [3.8, 4) is 5.75 Å². The van der Waals surface area contributed by atoms with E-state index < -0.39 is 18.1 Å². The van der Waals surface area contributed by atoms with Crippen molar-refractivity contribution < 1.29 is 27.8 Å². The molecular formula is C22H23F2NO4. The monoisotopic (exact) mass is 403 g/mol. The van der Waals surface area contributed by atoms with Crippen LogP contribution >= 0.6 is 0 Å². The molecule has 1 aliphatic rings. The van der Waals surface area contributed by atoms with E-state index in [1.807, 2.05) is 20.8 Å². The summed E-state index contributed by atoms with van der Waals surface area (Å²) >= 11 is 0. The number of hydrogen-bond acceptors (Lipinski definition) is 4. The average molecular weight is 403 g/mol. The van der Waals surface area contributed by atoms with E-state index in [9.17, 15) is 18.4 Å². The highest BCUT2D eigenvalue weighted by Gasteiger charge is 2.30. The van der Waals surface area contributed by atoms with Crippen molar-refractivity contribution in [2.24, 2.45) is 0 Å². The Balaban J connectivity index is 1.75. The largest absolute Gasteiger partial charge is 0.460 e. The second kappa shape index (κ2) is 7.81. The van der Waals surface area contributed by atoms with Crippen molar-refractivity contribution in [3.05, 3.63) is 59.2 Å². The maximum Gasteiger partial charge on any atom is 0.387 e. The van der Waals surface area contributed by atoms with Crippen LogP contribution in [0.15, 0.2) is 42.5 Å². The van der Waals surface area contributed by atoms with Crippen molar-refractivity contribution in [2.75, 3.05) is 4.90 Å². The molecule has 0 N–H and O–H groups in total. The van der Waals surface area contributed by atoms with Gasteiger partial charge in [0, 0.05) is 11.3 Å². The smallest absolute Gasteiger partial charge is 0.387 e. The Morgan fingerprint density at radius 1 is 1.10 bits per heavy atom. The van der Waals surface area contributed by atoms with Gasteiger partial charge >= 0.3 is 12.6 Å². The molecule has 0 bridgehead atoms. The van der Waals surface area contributed by atoms with E-state index in [4.69, 9.17) is 4.74 Å². The highest BCUT2D eigenvalue weighted by Crippen LogP contribution is 2.32. The minimum atomic E-state index is -2.94. The lowest BCUT2D eigenvalue weighted by Crippen LogP contribution is -2.27. The van der Waals surface area contributed by atoms with E-state index in [1.165, 1.54) is 12.1 Å². The van der Waals surface area contributed by atoms with Crippen LogP contribution in [0.5, 0.6) is 5.75 Å². The number of anilines is 1. The molecule has 1 aliphatic heterocycles. The summed E-state index contributed by atoms with van der Waals surface area (Å²) in [6.07, 6.45) is 0. The average Bonchev–Trinajstić information content (AvgIpc) is 2.96. The molecule has 2 aromatic carbocycles. The molecule has 29 heavy (non-hydrogen) atoms. The minimum absolute atomic E-state index is 0.0458. The summed E-state index contributed by atoms with van der Waals surface area (Å²) in [5.41, 5.74) is 1.95. The number of esters is 1. The van der Waals surface area contributed by atoms with E-state index in [-0.39, 0.29) is 17.6 Å². The van der Waals surface area contributed by atoms with Gasteiger partial charge in [-0.3, -0.25) is 9.59 Å². The summed E-state index contributed by atoms with van der Waals surface area (Å²) < 4.78 is 34.6. The molecule has 1 atom stereocenters. The zero-order valence-electron chi connectivity index (χ0n) is 16.7. The third-order valence-corrected chi connectivity index (χ3v) is 4.58. The Labute approximate surface area is 168 Å². The molecule has 1 heterocycles. The van der Waals surface area contributed by atoms with Crippen LogP contribution in [0.3, 0.4) is 0 Å². The fraction of sp³-hybridized carbons (Fsp3) is 0.364. The van der Waals surface area contributed by atoms with Gasteiger partial charge in [0.1, 0.15) is 11.4 Å². The maximum atomic E-state index is 12.7. The number of ether oxygens (including phenoxy) is 2. The molecule has 0 saturated carbocycles. The van der Waals surface area contributed by atoms with E-state index in [0.717, 1.165) is 11.1 Å². The normalized spacial score (nSPS) is 14.7. The Morgan fingerprint density at radius 2 is 1.76 bits per heavy atom. The minimum Gasteiger partial charge on any atom is -0.460 e. The second-order valence-corrected chi connectivity index (χ2v) is 7.94. The number of carbonyl (C=O) groups is 2. The SMILES string of the molecule is CC(C(=O)OC(C)(C)C)c1ccc(N2Cc3ccc(OC(F)F)cc3C2=O)cc1. The predicted octanol–water partition coefficient (Wildman–Crippen LogP) is 4.89. The zero-order valence-corrected chi connectivity index (χ0v) is 16.7. The van der Waals surface area contributed by atoms with Gasteiger partial charge < -0.3 is 14.4 Å². The topological polar surface area (TPSA) is 55.8 Å². The number of carbonyl (C=O) groups excluding carboxylic acids is 2. The van der Waals surface area contributed by atoms with Crippen molar-refractivity contribution in [3.63, 3.8) is 0 Å². The van der Waals surface area contributed by atoms with Crippen LogP contribution < -0.4 is 9.64 Å². The van der Waals surface area contributed by atoms with Crippen LogP contribution in [-0.2, 0) is 16.1 Å². The van der Waals surface area contributed by atoms with Crippen LogP contribution in [-0.4, -0.2) is 24.1 Å². The number of rotatable bonds is 5. The molecule has 0 spiro atoms. The Kier molecular flexibility index (Phi) is 5.59. The first kappa shape index (κ1) is 20.8. The molecule has 1 amide bonds. The van der Waals surface area contributed by atoms with Gasteiger partial charge in [-0.05, 0) is 63.1 Å². The van der Waals surface area contributed by atoms with Crippen molar-refractivity contribution in [1.82, 2.24) is 0 Å². The van der Waals surface area contributed by atoms with Crippen LogP contribution in [0, 0.1) is 0 Å². The molecule has 0 aliphatic carbocycles. The molecule has 3 rings (SSSR count). The van der Waals surface area contributed by atoms with Crippen LogP contribution in [0.2, 0.25) is 0 Å². The highest BCUT2D eigenvalue weighted by molar-refractivity contribution is 6.10. The number of amides is 1. The quantitative estimate of drug-likeness (QED) is 0.667. The molecule has 0 saturated heterocycles. The second-order valence-electron chi connectivity index (χ2n) is 7.94. The molecule has 0 fully saturated rings. The number of halogens is 2. The molecule has 1 unspecified atom stereocenters. The highest BCUT2D eigenvalue weighted by atomic mass is 19.3. The van der Waals surface area contributed by atoms with E-state index in [0.29, 0.717) is 17.8 Å². The number of alkyl halides is 2. The number of hydrogen-bond donors (Lipinski definition) is 0. The van der Waals surface area contributed by atoms with Crippen molar-refractivity contribution in [1.29, 1.82) is 0 Å². The van der Waals surface area contributed by atoms with Gasteiger partial charge in [-0.15, -0.1) is 0 Å². The Hall–Kier alpha value is -2.96.